The maximum Gasteiger partial charge on any atom is 0.129 e. The highest BCUT2D eigenvalue weighted by molar-refractivity contribution is 6.30. The monoisotopic (exact) mass is 275 g/mol. The van der Waals surface area contributed by atoms with E-state index in [1.54, 1.807) is 18.2 Å². The molecule has 0 N–H and O–H groups in total. The molecule has 2 nitrogen and oxygen atoms in total. The highest BCUT2D eigenvalue weighted by Crippen LogP contribution is 2.23. The van der Waals surface area contributed by atoms with Crippen molar-refractivity contribution >= 4 is 11.6 Å². The van der Waals surface area contributed by atoms with Crippen LogP contribution in [0.5, 0.6) is 5.75 Å². The molecular formula is C15H11ClFNO. The van der Waals surface area contributed by atoms with Crippen LogP contribution in [0, 0.1) is 24.1 Å². The van der Waals surface area contributed by atoms with Gasteiger partial charge < -0.3 is 4.74 Å². The molecule has 0 spiro atoms. The minimum Gasteiger partial charge on any atom is -0.489 e. The first-order valence-corrected chi connectivity index (χ1v) is 6.05. The molecule has 2 aromatic carbocycles. The molecule has 0 aromatic heterocycles. The number of hydrogen-bond donors (Lipinski definition) is 0. The molecule has 0 unspecified atom stereocenters. The van der Waals surface area contributed by atoms with Crippen molar-refractivity contribution in [2.45, 2.75) is 13.5 Å². The van der Waals surface area contributed by atoms with E-state index in [0.29, 0.717) is 21.9 Å². The van der Waals surface area contributed by atoms with Crippen molar-refractivity contribution in [2.24, 2.45) is 0 Å². The number of benzene rings is 2. The van der Waals surface area contributed by atoms with Crippen molar-refractivity contribution < 1.29 is 9.13 Å². The molecule has 0 radical (unpaired) electrons. The van der Waals surface area contributed by atoms with Crippen LogP contribution in [0.3, 0.4) is 0 Å². The van der Waals surface area contributed by atoms with Gasteiger partial charge in [0.15, 0.2) is 0 Å². The van der Waals surface area contributed by atoms with Gasteiger partial charge in [0.05, 0.1) is 11.6 Å². The van der Waals surface area contributed by atoms with Crippen LogP contribution in [0.4, 0.5) is 4.39 Å². The lowest BCUT2D eigenvalue weighted by molar-refractivity contribution is 0.298. The molecule has 0 aliphatic rings. The van der Waals surface area contributed by atoms with Crippen molar-refractivity contribution in [1.29, 1.82) is 5.26 Å². The van der Waals surface area contributed by atoms with Gasteiger partial charge in [-0.3, -0.25) is 0 Å². The van der Waals surface area contributed by atoms with Crippen LogP contribution in [-0.2, 0) is 6.61 Å². The summed E-state index contributed by atoms with van der Waals surface area (Å²) in [4.78, 5) is 0. The standard InChI is InChI=1S/C15H11ClFNO/c1-10-6-13(16)3-5-15(10)19-9-12-7-11(8-18)2-4-14(12)17/h2-7H,9H2,1H3. The maximum atomic E-state index is 13.6. The summed E-state index contributed by atoms with van der Waals surface area (Å²) in [6.45, 7) is 1.94. The Labute approximate surface area is 116 Å². The Balaban J connectivity index is 2.16. The van der Waals surface area contributed by atoms with E-state index in [-0.39, 0.29) is 12.4 Å². The zero-order chi connectivity index (χ0) is 13.8. The minimum absolute atomic E-state index is 0.0732. The fourth-order valence-electron chi connectivity index (χ4n) is 1.69. The van der Waals surface area contributed by atoms with Crippen LogP contribution in [0.15, 0.2) is 36.4 Å². The molecule has 0 atom stereocenters. The van der Waals surface area contributed by atoms with E-state index in [4.69, 9.17) is 21.6 Å². The van der Waals surface area contributed by atoms with Gasteiger partial charge in [0.2, 0.25) is 0 Å². The lowest BCUT2D eigenvalue weighted by Gasteiger charge is -2.10. The average Bonchev–Trinajstić information content (AvgIpc) is 2.39. The zero-order valence-electron chi connectivity index (χ0n) is 10.3. The van der Waals surface area contributed by atoms with Crippen LogP contribution in [0.2, 0.25) is 5.02 Å². The van der Waals surface area contributed by atoms with Crippen LogP contribution in [-0.4, -0.2) is 0 Å². The molecule has 2 aromatic rings. The Morgan fingerprint density at radius 3 is 2.74 bits per heavy atom. The SMILES string of the molecule is Cc1cc(Cl)ccc1OCc1cc(C#N)ccc1F. The lowest BCUT2D eigenvalue weighted by Crippen LogP contribution is -2.00. The molecule has 4 heteroatoms. The highest BCUT2D eigenvalue weighted by atomic mass is 35.5. The number of rotatable bonds is 3. The third kappa shape index (κ3) is 3.24. The number of hydrogen-bond acceptors (Lipinski definition) is 2. The second-order valence-corrected chi connectivity index (χ2v) is 4.55. The Hall–Kier alpha value is -2.05. The largest absolute Gasteiger partial charge is 0.489 e. The summed E-state index contributed by atoms with van der Waals surface area (Å²) >= 11 is 5.85. The smallest absolute Gasteiger partial charge is 0.129 e. The van der Waals surface area contributed by atoms with Gasteiger partial charge in [-0.2, -0.15) is 5.26 Å². The first-order chi connectivity index (χ1) is 9.10. The van der Waals surface area contributed by atoms with Crippen molar-refractivity contribution in [3.63, 3.8) is 0 Å². The number of aryl methyl sites for hydroxylation is 1. The first kappa shape index (κ1) is 13.4. The predicted octanol–water partition coefficient (Wildman–Crippen LogP) is 4.24. The zero-order valence-corrected chi connectivity index (χ0v) is 11.0. The predicted molar refractivity (Wildman–Crippen MR) is 71.6 cm³/mol. The molecular weight excluding hydrogens is 265 g/mol. The van der Waals surface area contributed by atoms with Gasteiger partial charge in [0, 0.05) is 10.6 Å². The summed E-state index contributed by atoms with van der Waals surface area (Å²) in [6.07, 6.45) is 0. The maximum absolute atomic E-state index is 13.6. The molecule has 0 amide bonds. The minimum atomic E-state index is -0.384. The van der Waals surface area contributed by atoms with Crippen LogP contribution < -0.4 is 4.74 Å². The Morgan fingerprint density at radius 1 is 1.26 bits per heavy atom. The Bertz CT molecular complexity index is 649. The number of nitrogens with zero attached hydrogens (tertiary/aromatic N) is 1. The van der Waals surface area contributed by atoms with Gasteiger partial charge >= 0.3 is 0 Å². The molecule has 0 fully saturated rings. The molecule has 96 valence electrons. The van der Waals surface area contributed by atoms with Crippen molar-refractivity contribution in [3.8, 4) is 11.8 Å². The van der Waals surface area contributed by atoms with Gasteiger partial charge in [-0.15, -0.1) is 0 Å². The van der Waals surface area contributed by atoms with E-state index in [9.17, 15) is 4.39 Å². The fraction of sp³-hybridized carbons (Fsp3) is 0.133. The molecule has 0 aliphatic carbocycles. The molecule has 19 heavy (non-hydrogen) atoms. The first-order valence-electron chi connectivity index (χ1n) is 5.67. The molecule has 2 rings (SSSR count). The highest BCUT2D eigenvalue weighted by Gasteiger charge is 2.06. The van der Waals surface area contributed by atoms with E-state index in [1.165, 1.54) is 18.2 Å². The van der Waals surface area contributed by atoms with E-state index >= 15 is 0 Å². The summed E-state index contributed by atoms with van der Waals surface area (Å²) in [5.74, 6) is 0.261. The summed E-state index contributed by atoms with van der Waals surface area (Å²) in [5.41, 5.74) is 1.64. The van der Waals surface area contributed by atoms with Gasteiger partial charge in [-0.1, -0.05) is 11.6 Å². The summed E-state index contributed by atoms with van der Waals surface area (Å²) in [5, 5.41) is 9.41. The molecule has 0 heterocycles. The van der Waals surface area contributed by atoms with E-state index in [1.807, 2.05) is 13.0 Å². The van der Waals surface area contributed by atoms with Gasteiger partial charge in [-0.25, -0.2) is 4.39 Å². The van der Waals surface area contributed by atoms with Crippen LogP contribution in [0.25, 0.3) is 0 Å². The van der Waals surface area contributed by atoms with Crippen LogP contribution in [0.1, 0.15) is 16.7 Å². The normalized spacial score (nSPS) is 10.0. The van der Waals surface area contributed by atoms with Crippen LogP contribution >= 0.6 is 11.6 Å². The molecule has 0 saturated heterocycles. The quantitative estimate of drug-likeness (QED) is 0.839. The molecule has 0 bridgehead atoms. The number of nitriles is 1. The van der Waals surface area contributed by atoms with Crippen molar-refractivity contribution in [2.75, 3.05) is 0 Å². The number of ether oxygens (including phenoxy) is 1. The molecule has 0 aliphatic heterocycles. The third-order valence-corrected chi connectivity index (χ3v) is 2.93. The summed E-state index contributed by atoms with van der Waals surface area (Å²) in [6, 6.07) is 11.4. The van der Waals surface area contributed by atoms with Crippen molar-refractivity contribution in [3.05, 3.63) is 63.9 Å². The second kappa shape index (κ2) is 5.73. The van der Waals surface area contributed by atoms with Crippen molar-refractivity contribution in [1.82, 2.24) is 0 Å². The Morgan fingerprint density at radius 2 is 2.05 bits per heavy atom. The lowest BCUT2D eigenvalue weighted by atomic mass is 10.1. The Kier molecular flexibility index (Phi) is 4.03. The van der Waals surface area contributed by atoms with Gasteiger partial charge in [0.25, 0.3) is 0 Å². The molecule has 0 saturated carbocycles. The van der Waals surface area contributed by atoms with E-state index < -0.39 is 0 Å². The van der Waals surface area contributed by atoms with E-state index in [2.05, 4.69) is 0 Å². The average molecular weight is 276 g/mol. The third-order valence-electron chi connectivity index (χ3n) is 2.69. The topological polar surface area (TPSA) is 33.0 Å². The number of halogens is 2. The fourth-order valence-corrected chi connectivity index (χ4v) is 1.91. The van der Waals surface area contributed by atoms with E-state index in [0.717, 1.165) is 5.56 Å². The van der Waals surface area contributed by atoms with Gasteiger partial charge in [0.1, 0.15) is 18.2 Å². The second-order valence-electron chi connectivity index (χ2n) is 4.12. The summed E-state index contributed by atoms with van der Waals surface area (Å²) in [7, 11) is 0. The summed E-state index contributed by atoms with van der Waals surface area (Å²) < 4.78 is 19.1. The van der Waals surface area contributed by atoms with Gasteiger partial charge in [-0.05, 0) is 48.9 Å².